The molecule has 2 N–H and O–H groups in total. The summed E-state index contributed by atoms with van der Waals surface area (Å²) in [5.41, 5.74) is 7.05. The number of allylic oxidation sites excluding steroid dienone is 3. The molecule has 5 nitrogen and oxygen atoms in total. The Hall–Kier alpha value is -3.66. The first-order chi connectivity index (χ1) is 15.2. The molecule has 1 heterocycles. The van der Waals surface area contributed by atoms with Crippen LogP contribution < -0.4 is 15.4 Å². The van der Waals surface area contributed by atoms with Gasteiger partial charge in [-0.25, -0.2) is 8.78 Å². The number of Topliss-reactive ketones (excluding diaryl/α,β-unsaturated/α-hetero) is 1. The molecule has 0 radical (unpaired) electrons. The van der Waals surface area contributed by atoms with Crippen LogP contribution in [0.25, 0.3) is 0 Å². The highest BCUT2D eigenvalue weighted by atomic mass is 19.1. The van der Waals surface area contributed by atoms with Gasteiger partial charge >= 0.3 is 0 Å². The highest BCUT2D eigenvalue weighted by Gasteiger charge is 2.45. The third-order valence-corrected chi connectivity index (χ3v) is 5.97. The SMILES string of the molecule is COc1cccc([C@H]2C(C#N)=C(N)N(c3c(F)cccc3F)C3=C2C(=O)CC(C)(C)C3)c1. The van der Waals surface area contributed by atoms with E-state index in [1.165, 1.54) is 18.1 Å². The molecular weight excluding hydrogens is 412 g/mol. The minimum absolute atomic E-state index is 0.0627. The van der Waals surface area contributed by atoms with Gasteiger partial charge in [0, 0.05) is 17.7 Å². The maximum Gasteiger partial charge on any atom is 0.162 e. The van der Waals surface area contributed by atoms with Crippen molar-refractivity contribution in [3.63, 3.8) is 0 Å². The summed E-state index contributed by atoms with van der Waals surface area (Å²) < 4.78 is 35.0. The lowest BCUT2D eigenvalue weighted by Crippen LogP contribution is -2.42. The van der Waals surface area contributed by atoms with Crippen LogP contribution in [0.1, 0.15) is 38.2 Å². The summed E-state index contributed by atoms with van der Waals surface area (Å²) in [6.07, 6.45) is 0.611. The van der Waals surface area contributed by atoms with Crippen LogP contribution in [0.4, 0.5) is 14.5 Å². The van der Waals surface area contributed by atoms with Gasteiger partial charge in [0.15, 0.2) is 5.78 Å². The second-order valence-corrected chi connectivity index (χ2v) is 8.83. The van der Waals surface area contributed by atoms with Gasteiger partial charge in [0.1, 0.15) is 28.9 Å². The van der Waals surface area contributed by atoms with E-state index in [1.54, 1.807) is 24.3 Å². The van der Waals surface area contributed by atoms with Crippen LogP contribution in [0.15, 0.2) is 65.1 Å². The zero-order chi connectivity index (χ0) is 23.2. The summed E-state index contributed by atoms with van der Waals surface area (Å²) in [6.45, 7) is 3.84. The number of hydrogen-bond acceptors (Lipinski definition) is 5. The Kier molecular flexibility index (Phi) is 5.25. The van der Waals surface area contributed by atoms with Crippen LogP contribution >= 0.6 is 0 Å². The molecule has 0 fully saturated rings. The largest absolute Gasteiger partial charge is 0.497 e. The summed E-state index contributed by atoms with van der Waals surface area (Å²) in [5, 5.41) is 10.0. The second-order valence-electron chi connectivity index (χ2n) is 8.83. The number of nitriles is 1. The Labute approximate surface area is 185 Å². The maximum atomic E-state index is 14.8. The van der Waals surface area contributed by atoms with Gasteiger partial charge in [-0.15, -0.1) is 0 Å². The predicted molar refractivity (Wildman–Crippen MR) is 116 cm³/mol. The van der Waals surface area contributed by atoms with Crippen molar-refractivity contribution in [3.8, 4) is 11.8 Å². The number of anilines is 1. The van der Waals surface area contributed by atoms with E-state index >= 15 is 0 Å². The van der Waals surface area contributed by atoms with Crippen molar-refractivity contribution in [3.05, 3.63) is 82.3 Å². The van der Waals surface area contributed by atoms with Gasteiger partial charge in [0.25, 0.3) is 0 Å². The van der Waals surface area contributed by atoms with Crippen LogP contribution in [0, 0.1) is 28.4 Å². The zero-order valence-corrected chi connectivity index (χ0v) is 18.1. The molecule has 0 saturated heterocycles. The van der Waals surface area contributed by atoms with Crippen molar-refractivity contribution in [1.29, 1.82) is 5.26 Å². The van der Waals surface area contributed by atoms with Crippen LogP contribution in [-0.4, -0.2) is 12.9 Å². The fourth-order valence-electron chi connectivity index (χ4n) is 4.62. The van der Waals surface area contributed by atoms with Gasteiger partial charge in [-0.3, -0.25) is 9.69 Å². The smallest absolute Gasteiger partial charge is 0.162 e. The van der Waals surface area contributed by atoms with Gasteiger partial charge in [0.05, 0.1) is 24.7 Å². The molecule has 0 amide bonds. The number of nitrogens with zero attached hydrogens (tertiary/aromatic N) is 2. The molecule has 4 rings (SSSR count). The Bertz CT molecular complexity index is 1200. The first kappa shape index (κ1) is 21.6. The molecule has 32 heavy (non-hydrogen) atoms. The molecule has 0 bridgehead atoms. The number of ether oxygens (including phenoxy) is 1. The lowest BCUT2D eigenvalue weighted by atomic mass is 9.68. The molecule has 2 aromatic carbocycles. The Morgan fingerprint density at radius 3 is 2.44 bits per heavy atom. The number of rotatable bonds is 3. The summed E-state index contributed by atoms with van der Waals surface area (Å²) in [5.74, 6) is -2.11. The normalized spacial score (nSPS) is 20.2. The summed E-state index contributed by atoms with van der Waals surface area (Å²) in [4.78, 5) is 14.6. The Balaban J connectivity index is 2.05. The van der Waals surface area contributed by atoms with Gasteiger partial charge in [0.2, 0.25) is 0 Å². The molecule has 1 aliphatic carbocycles. The third-order valence-electron chi connectivity index (χ3n) is 5.97. The van der Waals surface area contributed by atoms with E-state index in [0.717, 1.165) is 12.1 Å². The number of carbonyl (C=O) groups is 1. The molecule has 7 heteroatoms. The molecule has 0 saturated carbocycles. The van der Waals surface area contributed by atoms with E-state index < -0.39 is 23.0 Å². The number of benzene rings is 2. The van der Waals surface area contributed by atoms with Crippen LogP contribution in [-0.2, 0) is 4.79 Å². The molecule has 164 valence electrons. The summed E-state index contributed by atoms with van der Waals surface area (Å²) in [6, 6.07) is 12.7. The second kappa shape index (κ2) is 7.79. The average molecular weight is 435 g/mol. The first-order valence-corrected chi connectivity index (χ1v) is 10.2. The fraction of sp³-hybridized carbons (Fsp3) is 0.280. The van der Waals surface area contributed by atoms with E-state index in [-0.39, 0.29) is 29.3 Å². The van der Waals surface area contributed by atoms with Crippen molar-refractivity contribution in [2.24, 2.45) is 11.1 Å². The van der Waals surface area contributed by atoms with Crippen molar-refractivity contribution in [2.45, 2.75) is 32.6 Å². The molecule has 0 aromatic heterocycles. The number of nitrogens with two attached hydrogens (primary N) is 1. The molecule has 0 unspecified atom stereocenters. The molecule has 2 aliphatic rings. The minimum Gasteiger partial charge on any atom is -0.497 e. The molecule has 1 atom stereocenters. The third kappa shape index (κ3) is 3.42. The number of halogens is 2. The van der Waals surface area contributed by atoms with Gasteiger partial charge < -0.3 is 10.5 Å². The number of para-hydroxylation sites is 1. The van der Waals surface area contributed by atoms with Crippen LogP contribution in [0.3, 0.4) is 0 Å². The fourth-order valence-corrected chi connectivity index (χ4v) is 4.62. The Morgan fingerprint density at radius 1 is 1.16 bits per heavy atom. The Morgan fingerprint density at radius 2 is 1.81 bits per heavy atom. The van der Waals surface area contributed by atoms with E-state index in [1.807, 2.05) is 13.8 Å². The van der Waals surface area contributed by atoms with Crippen molar-refractivity contribution in [2.75, 3.05) is 12.0 Å². The standard InChI is InChI=1S/C25H23F2N3O2/c1-25(2)11-19-22(20(31)12-25)21(14-6-4-7-15(10-14)32-3)16(13-28)24(29)30(19)23-17(26)8-5-9-18(23)27/h4-10,21H,11-12,29H2,1-3H3/t21-/m0/s1. The molecule has 0 spiro atoms. The first-order valence-electron chi connectivity index (χ1n) is 10.2. The van der Waals surface area contributed by atoms with E-state index in [2.05, 4.69) is 6.07 Å². The quantitative estimate of drug-likeness (QED) is 0.741. The van der Waals surface area contributed by atoms with E-state index in [0.29, 0.717) is 29.0 Å². The monoisotopic (exact) mass is 435 g/mol. The highest BCUT2D eigenvalue weighted by molar-refractivity contribution is 6.01. The average Bonchev–Trinajstić information content (AvgIpc) is 2.73. The predicted octanol–water partition coefficient (Wildman–Crippen LogP) is 4.91. The zero-order valence-electron chi connectivity index (χ0n) is 18.1. The van der Waals surface area contributed by atoms with Crippen LogP contribution in [0.2, 0.25) is 0 Å². The lowest BCUT2D eigenvalue weighted by molar-refractivity contribution is -0.118. The summed E-state index contributed by atoms with van der Waals surface area (Å²) in [7, 11) is 1.52. The highest BCUT2D eigenvalue weighted by Crippen LogP contribution is 2.51. The van der Waals surface area contributed by atoms with Gasteiger partial charge in [-0.1, -0.05) is 32.0 Å². The number of methoxy groups -OCH3 is 1. The van der Waals surface area contributed by atoms with Crippen molar-refractivity contribution < 1.29 is 18.3 Å². The van der Waals surface area contributed by atoms with Crippen molar-refractivity contribution in [1.82, 2.24) is 0 Å². The number of hydrogen-bond donors (Lipinski definition) is 1. The topological polar surface area (TPSA) is 79.3 Å². The minimum atomic E-state index is -0.826. The van der Waals surface area contributed by atoms with Crippen molar-refractivity contribution >= 4 is 11.5 Å². The number of carbonyl (C=O) groups excluding carboxylic acids is 1. The molecule has 1 aliphatic heterocycles. The number of ketones is 1. The van der Waals surface area contributed by atoms with Gasteiger partial charge in [-0.05, 0) is 41.7 Å². The van der Waals surface area contributed by atoms with Crippen LogP contribution in [0.5, 0.6) is 5.75 Å². The maximum absolute atomic E-state index is 14.8. The molecular formula is C25H23F2N3O2. The van der Waals surface area contributed by atoms with Gasteiger partial charge in [-0.2, -0.15) is 5.26 Å². The summed E-state index contributed by atoms with van der Waals surface area (Å²) >= 11 is 0. The van der Waals surface area contributed by atoms with E-state index in [9.17, 15) is 18.8 Å². The lowest BCUT2D eigenvalue weighted by Gasteiger charge is -2.43. The van der Waals surface area contributed by atoms with E-state index in [4.69, 9.17) is 10.5 Å². The molecule has 2 aromatic rings.